The van der Waals surface area contributed by atoms with E-state index in [0.29, 0.717) is 23.9 Å². The maximum atomic E-state index is 14.2. The Hall–Kier alpha value is -4.85. The molecule has 0 fully saturated rings. The molecule has 0 aromatic heterocycles. The largest absolute Gasteiger partial charge is 0.454 e. The van der Waals surface area contributed by atoms with Crippen molar-refractivity contribution in [1.29, 1.82) is 0 Å². The first kappa shape index (κ1) is 25.8. The summed E-state index contributed by atoms with van der Waals surface area (Å²) in [7, 11) is 0. The van der Waals surface area contributed by atoms with Crippen LogP contribution in [0.4, 0.5) is 17.1 Å². The molecule has 0 bridgehead atoms. The smallest absolute Gasteiger partial charge is 0.279 e. The zero-order valence-corrected chi connectivity index (χ0v) is 21.7. The molecular weight excluding hydrogens is 494 g/mol. The van der Waals surface area contributed by atoms with Crippen LogP contribution in [-0.2, 0) is 11.3 Å². The fourth-order valence-corrected chi connectivity index (χ4v) is 4.67. The number of carbonyl (C=O) groups excluding carboxylic acids is 1. The summed E-state index contributed by atoms with van der Waals surface area (Å²) in [5, 5.41) is 15.3. The standard InChI is InChI=1S/C31H29N3O5/c1-21(2)23-13-15-24(16-14-23)32-31(35)30(26-17-28-29(39-20-38-28)18-27(26)34(36)37)33(25-11-7-4-8-12-25)19-22-9-5-3-6-10-22/h3-18,21,30H,19-20H2,1-2H3,(H,32,35)/t30-/m0/s1. The van der Waals surface area contributed by atoms with Crippen LogP contribution in [-0.4, -0.2) is 17.6 Å². The van der Waals surface area contributed by atoms with Gasteiger partial charge in [0, 0.05) is 17.9 Å². The number of nitro groups is 1. The number of rotatable bonds is 9. The van der Waals surface area contributed by atoms with Crippen molar-refractivity contribution in [3.63, 3.8) is 0 Å². The van der Waals surface area contributed by atoms with Crippen LogP contribution in [0.2, 0.25) is 0 Å². The Morgan fingerprint density at radius 3 is 2.15 bits per heavy atom. The van der Waals surface area contributed by atoms with Crippen molar-refractivity contribution in [1.82, 2.24) is 0 Å². The molecule has 1 heterocycles. The van der Waals surface area contributed by atoms with Crippen LogP contribution in [0.5, 0.6) is 11.5 Å². The van der Waals surface area contributed by atoms with Crippen LogP contribution in [0.25, 0.3) is 0 Å². The summed E-state index contributed by atoms with van der Waals surface area (Å²) in [6.45, 7) is 4.50. The SMILES string of the molecule is CC(C)c1ccc(NC(=O)[C@H](c2cc3c(cc2[N+](=O)[O-])OCO3)N(Cc2ccccc2)c2ccccc2)cc1. The number of para-hydroxylation sites is 1. The summed E-state index contributed by atoms with van der Waals surface area (Å²) in [5.41, 5.74) is 3.42. The number of nitrogens with one attached hydrogen (secondary N) is 1. The van der Waals surface area contributed by atoms with Gasteiger partial charge in [0.05, 0.1) is 16.6 Å². The minimum Gasteiger partial charge on any atom is -0.454 e. The molecule has 0 spiro atoms. The Balaban J connectivity index is 1.64. The van der Waals surface area contributed by atoms with E-state index in [0.717, 1.165) is 16.8 Å². The number of fused-ring (bicyclic) bond motifs is 1. The van der Waals surface area contributed by atoms with Crippen molar-refractivity contribution in [3.8, 4) is 11.5 Å². The van der Waals surface area contributed by atoms with Crippen LogP contribution in [0.3, 0.4) is 0 Å². The molecule has 1 aliphatic rings. The average molecular weight is 524 g/mol. The molecular formula is C31H29N3O5. The van der Waals surface area contributed by atoms with E-state index in [1.54, 1.807) is 6.07 Å². The molecule has 4 aromatic rings. The van der Waals surface area contributed by atoms with E-state index in [-0.39, 0.29) is 23.8 Å². The van der Waals surface area contributed by atoms with Gasteiger partial charge in [0.15, 0.2) is 11.5 Å². The van der Waals surface area contributed by atoms with Gasteiger partial charge in [-0.05, 0) is 47.4 Å². The van der Waals surface area contributed by atoms with E-state index in [1.165, 1.54) is 6.07 Å². The Bertz CT molecular complexity index is 1460. The van der Waals surface area contributed by atoms with Gasteiger partial charge >= 0.3 is 0 Å². The lowest BCUT2D eigenvalue weighted by atomic mass is 9.99. The summed E-state index contributed by atoms with van der Waals surface area (Å²) in [6, 6.07) is 28.6. The molecule has 0 aliphatic carbocycles. The van der Waals surface area contributed by atoms with Crippen molar-refractivity contribution >= 4 is 23.0 Å². The monoisotopic (exact) mass is 523 g/mol. The Morgan fingerprint density at radius 2 is 1.54 bits per heavy atom. The number of hydrogen-bond acceptors (Lipinski definition) is 6. The molecule has 0 saturated heterocycles. The van der Waals surface area contributed by atoms with Gasteiger partial charge in [-0.1, -0.05) is 74.5 Å². The fraction of sp³-hybridized carbons (Fsp3) is 0.194. The average Bonchev–Trinajstić information content (AvgIpc) is 3.41. The summed E-state index contributed by atoms with van der Waals surface area (Å²) in [4.78, 5) is 27.8. The third kappa shape index (κ3) is 5.70. The van der Waals surface area contributed by atoms with Gasteiger partial charge < -0.3 is 19.7 Å². The minimum absolute atomic E-state index is 0.0403. The Morgan fingerprint density at radius 1 is 0.923 bits per heavy atom. The predicted octanol–water partition coefficient (Wildman–Crippen LogP) is 6.83. The zero-order chi connectivity index (χ0) is 27.4. The molecule has 0 saturated carbocycles. The highest BCUT2D eigenvalue weighted by Gasteiger charge is 2.36. The topological polar surface area (TPSA) is 93.9 Å². The molecule has 1 N–H and O–H groups in total. The number of anilines is 2. The van der Waals surface area contributed by atoms with Gasteiger partial charge in [-0.2, -0.15) is 0 Å². The first-order valence-corrected chi connectivity index (χ1v) is 12.7. The minimum atomic E-state index is -1.06. The molecule has 0 unspecified atom stereocenters. The zero-order valence-electron chi connectivity index (χ0n) is 21.7. The second-order valence-corrected chi connectivity index (χ2v) is 9.64. The van der Waals surface area contributed by atoms with Crippen LogP contribution < -0.4 is 19.7 Å². The van der Waals surface area contributed by atoms with E-state index in [9.17, 15) is 14.9 Å². The molecule has 39 heavy (non-hydrogen) atoms. The van der Waals surface area contributed by atoms with Gasteiger partial charge in [-0.3, -0.25) is 14.9 Å². The normalized spacial score (nSPS) is 12.7. The molecule has 198 valence electrons. The quantitative estimate of drug-likeness (QED) is 0.191. The number of benzene rings is 4. The third-order valence-electron chi connectivity index (χ3n) is 6.70. The molecule has 1 atom stereocenters. The van der Waals surface area contributed by atoms with Crippen LogP contribution >= 0.6 is 0 Å². The molecule has 1 amide bonds. The van der Waals surface area contributed by atoms with Crippen LogP contribution in [0.1, 0.15) is 42.5 Å². The van der Waals surface area contributed by atoms with Gasteiger partial charge in [-0.25, -0.2) is 0 Å². The lowest BCUT2D eigenvalue weighted by Crippen LogP contribution is -2.37. The molecule has 0 radical (unpaired) electrons. The molecule has 8 heteroatoms. The first-order valence-electron chi connectivity index (χ1n) is 12.7. The van der Waals surface area contributed by atoms with Crippen molar-refractivity contribution in [3.05, 3.63) is 124 Å². The lowest BCUT2D eigenvalue weighted by Gasteiger charge is -2.33. The summed E-state index contributed by atoms with van der Waals surface area (Å²) < 4.78 is 11.0. The summed E-state index contributed by atoms with van der Waals surface area (Å²) in [6.07, 6.45) is 0. The summed E-state index contributed by atoms with van der Waals surface area (Å²) >= 11 is 0. The molecule has 1 aliphatic heterocycles. The van der Waals surface area contributed by atoms with E-state index in [1.807, 2.05) is 89.8 Å². The summed E-state index contributed by atoms with van der Waals surface area (Å²) in [5.74, 6) is 0.581. The Kier molecular flexibility index (Phi) is 7.45. The van der Waals surface area contributed by atoms with Crippen LogP contribution in [0.15, 0.2) is 97.1 Å². The van der Waals surface area contributed by atoms with Crippen molar-refractivity contribution in [2.75, 3.05) is 17.0 Å². The number of nitro benzene ring substituents is 1. The molecule has 8 nitrogen and oxygen atoms in total. The highest BCUT2D eigenvalue weighted by molar-refractivity contribution is 5.98. The maximum absolute atomic E-state index is 14.2. The maximum Gasteiger partial charge on any atom is 0.279 e. The van der Waals surface area contributed by atoms with Gasteiger partial charge in [0.1, 0.15) is 6.04 Å². The van der Waals surface area contributed by atoms with Gasteiger partial charge in [-0.15, -0.1) is 0 Å². The predicted molar refractivity (Wildman–Crippen MR) is 150 cm³/mol. The highest BCUT2D eigenvalue weighted by Crippen LogP contribution is 2.43. The van der Waals surface area contributed by atoms with Gasteiger partial charge in [0.25, 0.3) is 11.6 Å². The number of carbonyl (C=O) groups is 1. The fourth-order valence-electron chi connectivity index (χ4n) is 4.67. The molecule has 4 aromatic carbocycles. The van der Waals surface area contributed by atoms with E-state index in [4.69, 9.17) is 9.47 Å². The van der Waals surface area contributed by atoms with E-state index >= 15 is 0 Å². The van der Waals surface area contributed by atoms with Crippen LogP contribution in [0, 0.1) is 10.1 Å². The second kappa shape index (κ2) is 11.3. The number of ether oxygens (including phenoxy) is 2. The molecule has 5 rings (SSSR count). The van der Waals surface area contributed by atoms with Gasteiger partial charge in [0.2, 0.25) is 6.79 Å². The number of nitrogens with zero attached hydrogens (tertiary/aromatic N) is 2. The van der Waals surface area contributed by atoms with Crippen molar-refractivity contribution in [2.24, 2.45) is 0 Å². The second-order valence-electron chi connectivity index (χ2n) is 9.64. The number of amides is 1. The first-order chi connectivity index (χ1) is 18.9. The van der Waals surface area contributed by atoms with E-state index < -0.39 is 16.9 Å². The Labute approximate surface area is 227 Å². The van der Waals surface area contributed by atoms with Crippen molar-refractivity contribution < 1.29 is 19.2 Å². The van der Waals surface area contributed by atoms with E-state index in [2.05, 4.69) is 19.2 Å². The third-order valence-corrected chi connectivity index (χ3v) is 6.70. The highest BCUT2D eigenvalue weighted by atomic mass is 16.7. The lowest BCUT2D eigenvalue weighted by molar-refractivity contribution is -0.385. The number of hydrogen-bond donors (Lipinski definition) is 1. The van der Waals surface area contributed by atoms with Crippen molar-refractivity contribution in [2.45, 2.75) is 32.4 Å².